The molecule has 2 aliphatic rings. The summed E-state index contributed by atoms with van der Waals surface area (Å²) in [6.07, 6.45) is 5.93. The van der Waals surface area contributed by atoms with E-state index in [9.17, 15) is 14.7 Å². The van der Waals surface area contributed by atoms with Crippen molar-refractivity contribution in [3.05, 3.63) is 51.9 Å². The van der Waals surface area contributed by atoms with Gasteiger partial charge in [-0.25, -0.2) is 4.98 Å². The van der Waals surface area contributed by atoms with Gasteiger partial charge in [0.15, 0.2) is 0 Å². The zero-order valence-corrected chi connectivity index (χ0v) is 22.5. The maximum atomic E-state index is 12.6. The molecule has 0 bridgehead atoms. The Labute approximate surface area is 222 Å². The fraction of sp³-hybridized carbons (Fsp3) is 0.552. The first kappa shape index (κ1) is 26.6. The van der Waals surface area contributed by atoms with Crippen LogP contribution in [0.15, 0.2) is 35.3 Å². The van der Waals surface area contributed by atoms with E-state index in [1.807, 2.05) is 31.3 Å². The Morgan fingerprint density at radius 2 is 2.08 bits per heavy atom. The van der Waals surface area contributed by atoms with Crippen LogP contribution in [0.4, 0.5) is 0 Å². The minimum absolute atomic E-state index is 0.0195. The number of aliphatic hydroxyl groups is 1. The lowest BCUT2D eigenvalue weighted by molar-refractivity contribution is -0.158. The number of hydrogen-bond acceptors (Lipinski definition) is 7. The number of pyridine rings is 1. The van der Waals surface area contributed by atoms with Gasteiger partial charge in [-0.15, -0.1) is 0 Å². The van der Waals surface area contributed by atoms with Crippen LogP contribution in [0.3, 0.4) is 0 Å². The van der Waals surface area contributed by atoms with Crippen molar-refractivity contribution in [3.63, 3.8) is 0 Å². The Morgan fingerprint density at radius 1 is 1.26 bits per heavy atom. The van der Waals surface area contributed by atoms with E-state index in [0.29, 0.717) is 24.6 Å². The number of carbonyl (C=O) groups excluding carboxylic acids is 1. The van der Waals surface area contributed by atoms with Crippen molar-refractivity contribution in [2.24, 2.45) is 13.0 Å². The highest BCUT2D eigenvalue weighted by atomic mass is 16.5. The van der Waals surface area contributed by atoms with Crippen LogP contribution in [-0.4, -0.2) is 56.7 Å². The number of nitrogens with one attached hydrogen (secondary N) is 1. The van der Waals surface area contributed by atoms with Gasteiger partial charge in [-0.1, -0.05) is 6.07 Å². The largest absolute Gasteiger partial charge is 0.461 e. The molecule has 1 saturated heterocycles. The van der Waals surface area contributed by atoms with Gasteiger partial charge in [-0.2, -0.15) is 0 Å². The highest BCUT2D eigenvalue weighted by molar-refractivity contribution is 5.81. The SMILES string of the molecule is Cc1cc(-c2nc3ccc(CN[C@H](C(=O)OC4CCC4)[C@@H](C)O)cc3n2CC2CCCOC2)cn(C)c1=O. The van der Waals surface area contributed by atoms with E-state index < -0.39 is 18.1 Å². The van der Waals surface area contributed by atoms with E-state index >= 15 is 0 Å². The molecule has 38 heavy (non-hydrogen) atoms. The van der Waals surface area contributed by atoms with E-state index in [1.165, 1.54) is 0 Å². The highest BCUT2D eigenvalue weighted by Crippen LogP contribution is 2.29. The minimum Gasteiger partial charge on any atom is -0.461 e. The lowest BCUT2D eigenvalue weighted by Crippen LogP contribution is -2.47. The molecule has 3 aromatic rings. The van der Waals surface area contributed by atoms with Gasteiger partial charge in [0.05, 0.1) is 23.7 Å². The molecular weight excluding hydrogens is 484 g/mol. The topological polar surface area (TPSA) is 108 Å². The molecule has 2 N–H and O–H groups in total. The van der Waals surface area contributed by atoms with E-state index in [0.717, 1.165) is 73.2 Å². The monoisotopic (exact) mass is 522 g/mol. The van der Waals surface area contributed by atoms with Crippen LogP contribution in [-0.2, 0) is 34.4 Å². The molecule has 9 nitrogen and oxygen atoms in total. The summed E-state index contributed by atoms with van der Waals surface area (Å²) in [5.41, 5.74) is 4.38. The molecule has 1 aliphatic heterocycles. The second-order valence-electron chi connectivity index (χ2n) is 10.9. The van der Waals surface area contributed by atoms with Gasteiger partial charge in [-0.05, 0) is 69.7 Å². The summed E-state index contributed by atoms with van der Waals surface area (Å²) in [4.78, 5) is 29.9. The highest BCUT2D eigenvalue weighted by Gasteiger charge is 2.30. The van der Waals surface area contributed by atoms with Crippen LogP contribution >= 0.6 is 0 Å². The third kappa shape index (κ3) is 5.70. The fourth-order valence-electron chi connectivity index (χ4n) is 5.30. The van der Waals surface area contributed by atoms with Crippen LogP contribution in [0.1, 0.15) is 50.2 Å². The Balaban J connectivity index is 1.45. The number of carbonyl (C=O) groups is 1. The normalized spacial score (nSPS) is 19.7. The summed E-state index contributed by atoms with van der Waals surface area (Å²) in [5.74, 6) is 0.789. The zero-order chi connectivity index (χ0) is 26.8. The maximum Gasteiger partial charge on any atom is 0.326 e. The summed E-state index contributed by atoms with van der Waals surface area (Å²) in [6, 6.07) is 7.18. The van der Waals surface area contributed by atoms with Gasteiger partial charge in [0.2, 0.25) is 0 Å². The van der Waals surface area contributed by atoms with Crippen molar-refractivity contribution < 1.29 is 19.4 Å². The molecule has 2 fully saturated rings. The molecular formula is C29H38N4O5. The van der Waals surface area contributed by atoms with Crippen molar-refractivity contribution in [2.75, 3.05) is 13.2 Å². The van der Waals surface area contributed by atoms with Crippen LogP contribution in [0, 0.1) is 12.8 Å². The number of nitrogens with zero attached hydrogens (tertiary/aromatic N) is 3. The molecule has 1 aliphatic carbocycles. The smallest absolute Gasteiger partial charge is 0.326 e. The molecule has 3 heterocycles. The van der Waals surface area contributed by atoms with E-state index in [1.54, 1.807) is 18.5 Å². The maximum absolute atomic E-state index is 12.6. The van der Waals surface area contributed by atoms with E-state index in [-0.39, 0.29) is 11.7 Å². The number of imidazole rings is 1. The van der Waals surface area contributed by atoms with Crippen molar-refractivity contribution in [1.29, 1.82) is 0 Å². The number of hydrogen-bond donors (Lipinski definition) is 2. The average Bonchev–Trinajstić information content (AvgIpc) is 3.22. The second kappa shape index (κ2) is 11.4. The molecule has 3 atom stereocenters. The molecule has 9 heteroatoms. The molecule has 1 aromatic carbocycles. The standard InChI is InChI=1S/C29H38N4O5/c1-18-12-22(16-32(3)28(18)35)27-31-24-10-9-20(13-25(24)33(27)15-21-6-5-11-37-17-21)14-30-26(19(2)34)29(36)38-23-7-4-8-23/h9-10,12-13,16,19,21,23,26,30,34H,4-8,11,14-15,17H2,1-3H3/t19-,21?,26+/m1/s1. The summed E-state index contributed by atoms with van der Waals surface area (Å²) >= 11 is 0. The van der Waals surface area contributed by atoms with Gasteiger partial charge >= 0.3 is 5.97 Å². The third-order valence-corrected chi connectivity index (χ3v) is 7.73. The number of aliphatic hydroxyl groups excluding tert-OH is 1. The lowest BCUT2D eigenvalue weighted by Gasteiger charge is -2.28. The Kier molecular flexibility index (Phi) is 7.97. The summed E-state index contributed by atoms with van der Waals surface area (Å²) in [7, 11) is 1.76. The number of benzene rings is 1. The van der Waals surface area contributed by atoms with Crippen molar-refractivity contribution >= 4 is 17.0 Å². The first-order chi connectivity index (χ1) is 18.3. The molecule has 0 radical (unpaired) electrons. The summed E-state index contributed by atoms with van der Waals surface area (Å²) in [5, 5.41) is 13.4. The van der Waals surface area contributed by atoms with Gasteiger partial charge in [-0.3, -0.25) is 14.9 Å². The minimum atomic E-state index is -0.872. The number of rotatable bonds is 9. The van der Waals surface area contributed by atoms with Crippen LogP contribution in [0.2, 0.25) is 0 Å². The number of aromatic nitrogens is 3. The number of aryl methyl sites for hydroxylation is 2. The van der Waals surface area contributed by atoms with Crippen LogP contribution < -0.4 is 10.9 Å². The second-order valence-corrected chi connectivity index (χ2v) is 10.9. The molecule has 1 saturated carbocycles. The summed E-state index contributed by atoms with van der Waals surface area (Å²) < 4.78 is 15.1. The lowest BCUT2D eigenvalue weighted by atomic mass is 9.96. The number of ether oxygens (including phenoxy) is 2. The number of fused-ring (bicyclic) bond motifs is 1. The van der Waals surface area contributed by atoms with Gasteiger partial charge in [0, 0.05) is 50.0 Å². The molecule has 1 unspecified atom stereocenters. The Morgan fingerprint density at radius 3 is 2.74 bits per heavy atom. The van der Waals surface area contributed by atoms with Crippen LogP contribution in [0.5, 0.6) is 0 Å². The van der Waals surface area contributed by atoms with Gasteiger partial charge in [0.25, 0.3) is 5.56 Å². The molecule has 204 valence electrons. The predicted octanol–water partition coefficient (Wildman–Crippen LogP) is 3.07. The summed E-state index contributed by atoms with van der Waals surface area (Å²) in [6.45, 7) is 6.10. The zero-order valence-electron chi connectivity index (χ0n) is 22.5. The quantitative estimate of drug-likeness (QED) is 0.416. The molecule has 2 aromatic heterocycles. The van der Waals surface area contributed by atoms with Crippen LogP contribution in [0.25, 0.3) is 22.4 Å². The third-order valence-electron chi connectivity index (χ3n) is 7.73. The fourth-order valence-corrected chi connectivity index (χ4v) is 5.30. The van der Waals surface area contributed by atoms with Gasteiger partial charge < -0.3 is 23.7 Å². The first-order valence-corrected chi connectivity index (χ1v) is 13.7. The molecule has 5 rings (SSSR count). The van der Waals surface area contributed by atoms with Crippen molar-refractivity contribution in [2.45, 2.75) is 77.3 Å². The Bertz CT molecular complexity index is 1320. The van der Waals surface area contributed by atoms with E-state index in [2.05, 4.69) is 16.0 Å². The first-order valence-electron chi connectivity index (χ1n) is 13.7. The van der Waals surface area contributed by atoms with E-state index in [4.69, 9.17) is 14.5 Å². The predicted molar refractivity (Wildman–Crippen MR) is 145 cm³/mol. The van der Waals surface area contributed by atoms with Crippen molar-refractivity contribution in [3.8, 4) is 11.4 Å². The molecule has 0 amide bonds. The Hall–Kier alpha value is -3.01. The number of esters is 1. The van der Waals surface area contributed by atoms with Crippen molar-refractivity contribution in [1.82, 2.24) is 19.4 Å². The molecule has 0 spiro atoms. The average molecular weight is 523 g/mol. The van der Waals surface area contributed by atoms with Gasteiger partial charge in [0.1, 0.15) is 18.0 Å².